The van der Waals surface area contributed by atoms with Crippen LogP contribution in [0.2, 0.25) is 0 Å². The first-order valence-electron chi connectivity index (χ1n) is 15.3. The molecule has 4 nitrogen and oxygen atoms in total. The number of unbranched alkanes of at least 4 members (excludes halogenated alkanes) is 20. The predicted octanol–water partition coefficient (Wildman–Crippen LogP) is 9.72. The number of rotatable bonds is 26. The summed E-state index contributed by atoms with van der Waals surface area (Å²) in [6, 6.07) is 0. The van der Waals surface area contributed by atoms with E-state index in [1.807, 2.05) is 0 Å². The van der Waals surface area contributed by atoms with Gasteiger partial charge in [-0.2, -0.15) is 0 Å². The predicted molar refractivity (Wildman–Crippen MR) is 149 cm³/mol. The fourth-order valence-corrected chi connectivity index (χ4v) is 4.31. The second-order valence-electron chi connectivity index (χ2n) is 11.0. The van der Waals surface area contributed by atoms with Crippen molar-refractivity contribution in [1.82, 2.24) is 0 Å². The quantitative estimate of drug-likeness (QED) is 0.0679. The summed E-state index contributed by atoms with van der Waals surface area (Å²) in [4.78, 5) is 24.8. The number of ether oxygens (including phenoxy) is 2. The molecule has 0 saturated carbocycles. The Kier molecular flexibility index (Phi) is 23.9. The molecule has 0 fully saturated rings. The van der Waals surface area contributed by atoms with E-state index in [4.69, 9.17) is 9.47 Å². The Labute approximate surface area is 218 Å². The molecule has 0 spiro atoms. The Hall–Kier alpha value is -1.06. The van der Waals surface area contributed by atoms with Crippen molar-refractivity contribution in [2.75, 3.05) is 13.2 Å². The van der Waals surface area contributed by atoms with Crippen LogP contribution in [0.1, 0.15) is 169 Å². The second-order valence-corrected chi connectivity index (χ2v) is 11.0. The van der Waals surface area contributed by atoms with E-state index in [1.165, 1.54) is 116 Å². The average molecular weight is 497 g/mol. The van der Waals surface area contributed by atoms with Crippen LogP contribution in [0.3, 0.4) is 0 Å². The van der Waals surface area contributed by atoms with Crippen molar-refractivity contribution in [3.8, 4) is 0 Å². The molecular weight excluding hydrogens is 436 g/mol. The Morgan fingerprint density at radius 1 is 0.429 bits per heavy atom. The molecule has 35 heavy (non-hydrogen) atoms. The van der Waals surface area contributed by atoms with Crippen LogP contribution in [0, 0.1) is 5.41 Å². The molecule has 208 valence electrons. The minimum Gasteiger partial charge on any atom is -0.465 e. The zero-order chi connectivity index (χ0) is 26.0. The van der Waals surface area contributed by atoms with Gasteiger partial charge in [-0.25, -0.2) is 0 Å². The van der Waals surface area contributed by atoms with Crippen LogP contribution < -0.4 is 0 Å². The lowest BCUT2D eigenvalue weighted by molar-refractivity contribution is -0.170. The largest absolute Gasteiger partial charge is 0.465 e. The third-order valence-electron chi connectivity index (χ3n) is 6.98. The van der Waals surface area contributed by atoms with Crippen molar-refractivity contribution in [2.24, 2.45) is 5.41 Å². The molecule has 0 saturated heterocycles. The topological polar surface area (TPSA) is 52.6 Å². The van der Waals surface area contributed by atoms with Gasteiger partial charge in [-0.15, -0.1) is 0 Å². The summed E-state index contributed by atoms with van der Waals surface area (Å²) in [7, 11) is 0. The third-order valence-corrected chi connectivity index (χ3v) is 6.98. The van der Waals surface area contributed by atoms with Gasteiger partial charge in [-0.3, -0.25) is 9.59 Å². The first-order valence-corrected chi connectivity index (χ1v) is 15.3. The molecule has 0 heterocycles. The molecule has 0 rings (SSSR count). The van der Waals surface area contributed by atoms with E-state index in [0.29, 0.717) is 13.2 Å². The van der Waals surface area contributed by atoms with Crippen LogP contribution in [0.25, 0.3) is 0 Å². The van der Waals surface area contributed by atoms with E-state index < -0.39 is 17.4 Å². The van der Waals surface area contributed by atoms with E-state index in [1.54, 1.807) is 13.8 Å². The summed E-state index contributed by atoms with van der Waals surface area (Å²) in [6.07, 6.45) is 27.7. The number of esters is 2. The molecule has 0 atom stereocenters. The normalized spacial score (nSPS) is 11.5. The van der Waals surface area contributed by atoms with E-state index in [0.717, 1.165) is 25.7 Å². The molecule has 0 aromatic heterocycles. The zero-order valence-corrected chi connectivity index (χ0v) is 24.1. The molecule has 4 heteroatoms. The average Bonchev–Trinajstić information content (AvgIpc) is 2.85. The van der Waals surface area contributed by atoms with Crippen molar-refractivity contribution < 1.29 is 19.1 Å². The fourth-order valence-electron chi connectivity index (χ4n) is 4.31. The van der Waals surface area contributed by atoms with Gasteiger partial charge in [0.25, 0.3) is 0 Å². The minimum absolute atomic E-state index is 0.394. The maximum Gasteiger partial charge on any atom is 0.322 e. The number of hydrogen-bond acceptors (Lipinski definition) is 4. The third kappa shape index (κ3) is 20.8. The molecule has 0 aliphatic rings. The van der Waals surface area contributed by atoms with Crippen LogP contribution in [0.5, 0.6) is 0 Å². The minimum atomic E-state index is -1.23. The van der Waals surface area contributed by atoms with Crippen molar-refractivity contribution in [2.45, 2.75) is 169 Å². The lowest BCUT2D eigenvalue weighted by atomic mass is 9.94. The SMILES string of the molecule is CCCCCCCCCCCCCOC(=O)C(C)(C)C(=O)OCCCCCCCCCCCCC. The second kappa shape index (κ2) is 24.6. The van der Waals surface area contributed by atoms with Crippen LogP contribution in [-0.4, -0.2) is 25.2 Å². The van der Waals surface area contributed by atoms with Gasteiger partial charge in [0.05, 0.1) is 13.2 Å². The highest BCUT2D eigenvalue weighted by Gasteiger charge is 2.39. The molecule has 0 bridgehead atoms. The zero-order valence-electron chi connectivity index (χ0n) is 24.1. The summed E-state index contributed by atoms with van der Waals surface area (Å²) in [5.74, 6) is -0.929. The summed E-state index contributed by atoms with van der Waals surface area (Å²) < 4.78 is 10.8. The maximum absolute atomic E-state index is 12.4. The van der Waals surface area contributed by atoms with E-state index in [-0.39, 0.29) is 0 Å². The number of carbonyl (C=O) groups excluding carboxylic acids is 2. The lowest BCUT2D eigenvalue weighted by Gasteiger charge is -2.20. The molecule has 0 radical (unpaired) electrons. The Balaban J connectivity index is 3.62. The first kappa shape index (κ1) is 33.9. The lowest BCUT2D eigenvalue weighted by Crippen LogP contribution is -2.37. The van der Waals surface area contributed by atoms with Crippen LogP contribution in [-0.2, 0) is 19.1 Å². The van der Waals surface area contributed by atoms with Crippen LogP contribution in [0.15, 0.2) is 0 Å². The number of hydrogen-bond donors (Lipinski definition) is 0. The van der Waals surface area contributed by atoms with Gasteiger partial charge in [0.2, 0.25) is 0 Å². The molecule has 0 aliphatic carbocycles. The van der Waals surface area contributed by atoms with E-state index >= 15 is 0 Å². The van der Waals surface area contributed by atoms with Crippen molar-refractivity contribution in [3.05, 3.63) is 0 Å². The molecule has 0 N–H and O–H groups in total. The fraction of sp³-hybridized carbons (Fsp3) is 0.935. The van der Waals surface area contributed by atoms with Crippen LogP contribution in [0.4, 0.5) is 0 Å². The number of carbonyl (C=O) groups is 2. The standard InChI is InChI=1S/C31H60O4/c1-5-7-9-11-13-15-17-19-21-23-25-27-34-29(32)31(3,4)30(33)35-28-26-24-22-20-18-16-14-12-10-8-6-2/h5-28H2,1-4H3. The summed E-state index contributed by atoms with van der Waals surface area (Å²) >= 11 is 0. The first-order chi connectivity index (χ1) is 17.0. The Bertz CT molecular complexity index is 444. The van der Waals surface area contributed by atoms with Gasteiger partial charge in [0, 0.05) is 0 Å². The Morgan fingerprint density at radius 2 is 0.657 bits per heavy atom. The van der Waals surface area contributed by atoms with Crippen molar-refractivity contribution >= 4 is 11.9 Å². The van der Waals surface area contributed by atoms with Gasteiger partial charge < -0.3 is 9.47 Å². The van der Waals surface area contributed by atoms with Crippen molar-refractivity contribution in [1.29, 1.82) is 0 Å². The monoisotopic (exact) mass is 496 g/mol. The van der Waals surface area contributed by atoms with Gasteiger partial charge in [-0.1, -0.05) is 142 Å². The summed E-state index contributed by atoms with van der Waals surface area (Å²) in [5, 5.41) is 0. The summed E-state index contributed by atoms with van der Waals surface area (Å²) in [5.41, 5.74) is -1.23. The molecule has 0 unspecified atom stereocenters. The molecule has 0 aliphatic heterocycles. The van der Waals surface area contributed by atoms with E-state index in [2.05, 4.69) is 13.8 Å². The van der Waals surface area contributed by atoms with Gasteiger partial charge in [0.15, 0.2) is 5.41 Å². The molecule has 0 amide bonds. The van der Waals surface area contributed by atoms with E-state index in [9.17, 15) is 9.59 Å². The maximum atomic E-state index is 12.4. The highest BCUT2D eigenvalue weighted by atomic mass is 16.6. The van der Waals surface area contributed by atoms with Gasteiger partial charge >= 0.3 is 11.9 Å². The highest BCUT2D eigenvalue weighted by molar-refractivity contribution is 5.99. The van der Waals surface area contributed by atoms with Crippen molar-refractivity contribution in [3.63, 3.8) is 0 Å². The van der Waals surface area contributed by atoms with Gasteiger partial charge in [0.1, 0.15) is 0 Å². The molecular formula is C31H60O4. The smallest absolute Gasteiger partial charge is 0.322 e. The summed E-state index contributed by atoms with van der Waals surface area (Å²) in [6.45, 7) is 8.52. The molecule has 0 aromatic rings. The van der Waals surface area contributed by atoms with Gasteiger partial charge in [-0.05, 0) is 26.7 Å². The molecule has 0 aromatic carbocycles. The van der Waals surface area contributed by atoms with Crippen LogP contribution >= 0.6 is 0 Å². The Morgan fingerprint density at radius 3 is 0.914 bits per heavy atom. The highest BCUT2D eigenvalue weighted by Crippen LogP contribution is 2.21.